The minimum absolute atomic E-state index is 0.0137. The molecule has 0 saturated carbocycles. The van der Waals surface area contributed by atoms with E-state index in [1.807, 2.05) is 13.8 Å². The number of ether oxygens (including phenoxy) is 1. The number of carbonyl (C=O) groups is 1. The average molecular weight is 290 g/mol. The maximum atomic E-state index is 11.1. The zero-order chi connectivity index (χ0) is 15.0. The van der Waals surface area contributed by atoms with Crippen LogP contribution in [0.3, 0.4) is 0 Å². The predicted octanol–water partition coefficient (Wildman–Crippen LogP) is 2.26. The third-order valence-electron chi connectivity index (χ3n) is 4.63. The Morgan fingerprint density at radius 2 is 1.90 bits per heavy atom. The number of aromatic nitrogens is 2. The third kappa shape index (κ3) is 2.67. The smallest absolute Gasteiger partial charge is 0.307 e. The molecule has 3 atom stereocenters. The zero-order valence-corrected chi connectivity index (χ0v) is 12.6. The molecule has 21 heavy (non-hydrogen) atoms. The van der Waals surface area contributed by atoms with Crippen LogP contribution in [0.15, 0.2) is 0 Å². The van der Waals surface area contributed by atoms with Crippen LogP contribution in [0, 0.1) is 0 Å². The fourth-order valence-corrected chi connectivity index (χ4v) is 3.62. The summed E-state index contributed by atoms with van der Waals surface area (Å²) in [6.45, 7) is 4.04. The molecule has 5 heteroatoms. The fraction of sp³-hybridized carbons (Fsp3) is 0.688. The third-order valence-corrected chi connectivity index (χ3v) is 4.63. The summed E-state index contributed by atoms with van der Waals surface area (Å²) >= 11 is 0. The van der Waals surface area contributed by atoms with Crippen LogP contribution < -0.4 is 0 Å². The summed E-state index contributed by atoms with van der Waals surface area (Å²) in [5, 5.41) is 9.10. The van der Waals surface area contributed by atoms with Crippen molar-refractivity contribution in [2.24, 2.45) is 0 Å². The minimum atomic E-state index is -0.820. The van der Waals surface area contributed by atoms with E-state index in [0.717, 1.165) is 54.9 Å². The molecular weight excluding hydrogens is 268 g/mol. The van der Waals surface area contributed by atoms with Gasteiger partial charge in [-0.25, -0.2) is 9.97 Å². The standard InChI is InChI=1S/C16H22N2O3/c1-3-12-10(8-15(19)20)13(4-2)18-16(17-12)11-7-9-5-6-14(11)21-9/h9,11,14H,3-8H2,1-2H3,(H,19,20). The van der Waals surface area contributed by atoms with Crippen molar-refractivity contribution in [3.63, 3.8) is 0 Å². The van der Waals surface area contributed by atoms with Gasteiger partial charge >= 0.3 is 5.97 Å². The van der Waals surface area contributed by atoms with Gasteiger partial charge in [-0.2, -0.15) is 0 Å². The van der Waals surface area contributed by atoms with Crippen molar-refractivity contribution >= 4 is 5.97 Å². The summed E-state index contributed by atoms with van der Waals surface area (Å²) in [4.78, 5) is 20.5. The van der Waals surface area contributed by atoms with Gasteiger partial charge in [0, 0.05) is 22.9 Å². The molecular formula is C16H22N2O3. The second-order valence-electron chi connectivity index (χ2n) is 5.95. The van der Waals surface area contributed by atoms with E-state index in [9.17, 15) is 4.79 Å². The zero-order valence-electron chi connectivity index (χ0n) is 12.6. The van der Waals surface area contributed by atoms with Crippen LogP contribution in [-0.2, 0) is 28.8 Å². The number of carboxylic acid groups (broad SMARTS) is 1. The van der Waals surface area contributed by atoms with Gasteiger partial charge in [0.05, 0.1) is 18.6 Å². The van der Waals surface area contributed by atoms with Gasteiger partial charge in [0.25, 0.3) is 0 Å². The van der Waals surface area contributed by atoms with Crippen LogP contribution in [0.2, 0.25) is 0 Å². The number of rotatable bonds is 5. The quantitative estimate of drug-likeness (QED) is 0.900. The molecule has 0 amide bonds. The van der Waals surface area contributed by atoms with Crippen molar-refractivity contribution in [2.45, 2.75) is 70.5 Å². The van der Waals surface area contributed by atoms with Gasteiger partial charge in [-0.15, -0.1) is 0 Å². The van der Waals surface area contributed by atoms with Gasteiger partial charge in [-0.3, -0.25) is 4.79 Å². The lowest BCUT2D eigenvalue weighted by molar-refractivity contribution is -0.136. The topological polar surface area (TPSA) is 72.3 Å². The number of aryl methyl sites for hydroxylation is 2. The monoisotopic (exact) mass is 290 g/mol. The summed E-state index contributed by atoms with van der Waals surface area (Å²) in [5.74, 6) is 0.335. The Balaban J connectivity index is 1.97. The van der Waals surface area contributed by atoms with E-state index in [2.05, 4.69) is 0 Å². The lowest BCUT2D eigenvalue weighted by Gasteiger charge is -2.20. The van der Waals surface area contributed by atoms with Crippen LogP contribution in [0.25, 0.3) is 0 Å². The van der Waals surface area contributed by atoms with E-state index in [1.165, 1.54) is 0 Å². The van der Waals surface area contributed by atoms with Gasteiger partial charge in [-0.1, -0.05) is 13.8 Å². The molecule has 1 aromatic heterocycles. The Labute approximate surface area is 124 Å². The second kappa shape index (κ2) is 5.72. The molecule has 3 heterocycles. The summed E-state index contributed by atoms with van der Waals surface area (Å²) in [6, 6.07) is 0. The minimum Gasteiger partial charge on any atom is -0.481 e. The second-order valence-corrected chi connectivity index (χ2v) is 5.95. The molecule has 2 aliphatic heterocycles. The SMILES string of the molecule is CCc1nc(C2CC3CCC2O3)nc(CC)c1CC(=O)O. The molecule has 0 spiro atoms. The van der Waals surface area contributed by atoms with Crippen molar-refractivity contribution in [3.8, 4) is 0 Å². The molecule has 2 fully saturated rings. The number of aliphatic carboxylic acids is 1. The fourth-order valence-electron chi connectivity index (χ4n) is 3.62. The largest absolute Gasteiger partial charge is 0.481 e. The van der Waals surface area contributed by atoms with Crippen LogP contribution >= 0.6 is 0 Å². The van der Waals surface area contributed by atoms with E-state index in [-0.39, 0.29) is 12.5 Å². The van der Waals surface area contributed by atoms with Gasteiger partial charge in [0.15, 0.2) is 0 Å². The first-order valence-corrected chi connectivity index (χ1v) is 7.88. The summed E-state index contributed by atoms with van der Waals surface area (Å²) in [5.41, 5.74) is 2.59. The van der Waals surface area contributed by atoms with Crippen molar-refractivity contribution in [1.82, 2.24) is 9.97 Å². The number of hydrogen-bond acceptors (Lipinski definition) is 4. The highest BCUT2D eigenvalue weighted by atomic mass is 16.5. The molecule has 5 nitrogen and oxygen atoms in total. The molecule has 2 aliphatic rings. The highest BCUT2D eigenvalue weighted by Crippen LogP contribution is 2.43. The first-order chi connectivity index (χ1) is 10.1. The number of fused-ring (bicyclic) bond motifs is 2. The van der Waals surface area contributed by atoms with Gasteiger partial charge in [-0.05, 0) is 32.1 Å². The van der Waals surface area contributed by atoms with Gasteiger partial charge < -0.3 is 9.84 Å². The Kier molecular flexibility index (Phi) is 3.93. The Hall–Kier alpha value is -1.49. The first-order valence-electron chi connectivity index (χ1n) is 7.88. The number of carboxylic acids is 1. The van der Waals surface area contributed by atoms with Crippen molar-refractivity contribution in [1.29, 1.82) is 0 Å². The van der Waals surface area contributed by atoms with Crippen LogP contribution in [0.5, 0.6) is 0 Å². The van der Waals surface area contributed by atoms with E-state index < -0.39 is 5.97 Å². The molecule has 1 N–H and O–H groups in total. The molecule has 0 radical (unpaired) electrons. The molecule has 2 bridgehead atoms. The highest BCUT2D eigenvalue weighted by Gasteiger charge is 2.43. The summed E-state index contributed by atoms with van der Waals surface area (Å²) < 4.78 is 5.91. The molecule has 0 aromatic carbocycles. The normalized spacial score (nSPS) is 27.2. The first kappa shape index (κ1) is 14.4. The summed E-state index contributed by atoms with van der Waals surface area (Å²) in [6.07, 6.45) is 5.39. The van der Waals surface area contributed by atoms with E-state index >= 15 is 0 Å². The van der Waals surface area contributed by atoms with Crippen molar-refractivity contribution in [3.05, 3.63) is 22.8 Å². The lowest BCUT2D eigenvalue weighted by Crippen LogP contribution is -2.20. The summed E-state index contributed by atoms with van der Waals surface area (Å²) in [7, 11) is 0. The number of nitrogens with zero attached hydrogens (tertiary/aromatic N) is 2. The molecule has 3 unspecified atom stereocenters. The molecule has 1 aromatic rings. The van der Waals surface area contributed by atoms with Crippen LogP contribution in [0.4, 0.5) is 0 Å². The van der Waals surface area contributed by atoms with Gasteiger partial charge in [0.2, 0.25) is 0 Å². The predicted molar refractivity (Wildman–Crippen MR) is 77.4 cm³/mol. The average Bonchev–Trinajstić information content (AvgIpc) is 3.09. The van der Waals surface area contributed by atoms with E-state index in [0.29, 0.717) is 12.0 Å². The highest BCUT2D eigenvalue weighted by molar-refractivity contribution is 5.71. The van der Waals surface area contributed by atoms with Gasteiger partial charge in [0.1, 0.15) is 5.82 Å². The molecule has 0 aliphatic carbocycles. The molecule has 2 saturated heterocycles. The lowest BCUT2D eigenvalue weighted by atomic mass is 9.88. The Morgan fingerprint density at radius 1 is 1.24 bits per heavy atom. The Morgan fingerprint density at radius 3 is 2.33 bits per heavy atom. The van der Waals surface area contributed by atoms with Crippen LogP contribution in [-0.4, -0.2) is 33.3 Å². The Bertz CT molecular complexity index is 533. The van der Waals surface area contributed by atoms with Crippen molar-refractivity contribution < 1.29 is 14.6 Å². The van der Waals surface area contributed by atoms with E-state index in [4.69, 9.17) is 19.8 Å². The molecule has 3 rings (SSSR count). The number of hydrogen-bond donors (Lipinski definition) is 1. The van der Waals surface area contributed by atoms with Crippen LogP contribution in [0.1, 0.15) is 61.8 Å². The molecule has 114 valence electrons. The maximum absolute atomic E-state index is 11.1. The maximum Gasteiger partial charge on any atom is 0.307 e. The van der Waals surface area contributed by atoms with Crippen molar-refractivity contribution in [2.75, 3.05) is 0 Å². The van der Waals surface area contributed by atoms with E-state index in [1.54, 1.807) is 0 Å².